The summed E-state index contributed by atoms with van der Waals surface area (Å²) in [5, 5.41) is 0.655. The molecular weight excluding hydrogens is 802 g/mol. The maximum absolute atomic E-state index is 14.0. The summed E-state index contributed by atoms with van der Waals surface area (Å²) >= 11 is 12.0. The van der Waals surface area contributed by atoms with Crippen LogP contribution in [0.25, 0.3) is 6.08 Å². The number of hydrogen-bond donors (Lipinski definition) is 0. The SMILES string of the molecule is CCOC(=O)C1=C(C)N=c2s/c(=C/c3cc(I)c(OCc4ccccc4Cl)c(I)c3)c(=O)n2[C@@H]1c1ccccc1OC. The lowest BCUT2D eigenvalue weighted by atomic mass is 9.95. The van der Waals surface area contributed by atoms with Gasteiger partial charge < -0.3 is 14.2 Å². The number of benzene rings is 3. The summed E-state index contributed by atoms with van der Waals surface area (Å²) < 4.78 is 21.0. The zero-order valence-corrected chi connectivity index (χ0v) is 28.7. The number of fused-ring (bicyclic) bond motifs is 1. The standard InChI is InChI=1S/C31H25ClI2N2O5S/c1-4-40-30(38)26-17(2)35-31-36(27(26)20-10-6-8-12-24(20)39-3)29(37)25(42-31)15-18-13-22(33)28(23(34)14-18)41-16-19-9-5-7-11-21(19)32/h5-15,27H,4,16H2,1-3H3/b25-15+/t27-/m1/s1. The maximum atomic E-state index is 14.0. The first kappa shape index (κ1) is 30.8. The molecule has 5 rings (SSSR count). The number of allylic oxidation sites excluding steroid dienone is 1. The molecule has 4 aromatic rings. The van der Waals surface area contributed by atoms with E-state index >= 15 is 0 Å². The maximum Gasteiger partial charge on any atom is 0.338 e. The molecule has 2 heterocycles. The van der Waals surface area contributed by atoms with E-state index < -0.39 is 12.0 Å². The predicted molar refractivity (Wildman–Crippen MR) is 181 cm³/mol. The van der Waals surface area contributed by atoms with Crippen molar-refractivity contribution < 1.29 is 19.0 Å². The van der Waals surface area contributed by atoms with Crippen molar-refractivity contribution in [2.45, 2.75) is 26.5 Å². The number of esters is 1. The highest BCUT2D eigenvalue weighted by Crippen LogP contribution is 2.36. The fourth-order valence-corrected chi connectivity index (χ4v) is 8.06. The minimum Gasteiger partial charge on any atom is -0.496 e. The van der Waals surface area contributed by atoms with E-state index in [9.17, 15) is 9.59 Å². The fraction of sp³-hybridized carbons (Fsp3) is 0.194. The molecule has 11 heteroatoms. The molecule has 1 aliphatic rings. The van der Waals surface area contributed by atoms with Crippen molar-refractivity contribution in [3.8, 4) is 11.5 Å². The van der Waals surface area contributed by atoms with E-state index in [1.165, 1.54) is 11.3 Å². The zero-order chi connectivity index (χ0) is 30.0. The first-order valence-electron chi connectivity index (χ1n) is 12.9. The van der Waals surface area contributed by atoms with Crippen molar-refractivity contribution >= 4 is 80.2 Å². The molecular formula is C31H25ClI2N2O5S. The van der Waals surface area contributed by atoms with E-state index in [0.717, 1.165) is 24.0 Å². The quantitative estimate of drug-likeness (QED) is 0.155. The Labute approximate surface area is 278 Å². The zero-order valence-electron chi connectivity index (χ0n) is 22.8. The Morgan fingerprint density at radius 1 is 1.12 bits per heavy atom. The lowest BCUT2D eigenvalue weighted by Crippen LogP contribution is -2.40. The van der Waals surface area contributed by atoms with Crippen molar-refractivity contribution in [3.63, 3.8) is 0 Å². The van der Waals surface area contributed by atoms with Gasteiger partial charge in [0.1, 0.15) is 24.1 Å². The van der Waals surface area contributed by atoms with Gasteiger partial charge in [0, 0.05) is 16.1 Å². The van der Waals surface area contributed by atoms with Crippen LogP contribution in [0.15, 0.2) is 81.7 Å². The third-order valence-electron chi connectivity index (χ3n) is 6.60. The Bertz CT molecular complexity index is 1880. The van der Waals surface area contributed by atoms with E-state index in [1.54, 1.807) is 25.5 Å². The number of halogens is 3. The van der Waals surface area contributed by atoms with Gasteiger partial charge in [-0.1, -0.05) is 59.3 Å². The van der Waals surface area contributed by atoms with Gasteiger partial charge in [0.15, 0.2) is 4.80 Å². The largest absolute Gasteiger partial charge is 0.496 e. The number of nitrogens with zero attached hydrogens (tertiary/aromatic N) is 2. The average Bonchev–Trinajstić information content (AvgIpc) is 3.26. The number of hydrogen-bond acceptors (Lipinski definition) is 7. The molecule has 0 unspecified atom stereocenters. The van der Waals surface area contributed by atoms with Crippen LogP contribution in [-0.4, -0.2) is 24.3 Å². The summed E-state index contributed by atoms with van der Waals surface area (Å²) in [5.41, 5.74) is 2.97. The third kappa shape index (κ3) is 6.17. The second-order valence-electron chi connectivity index (χ2n) is 9.24. The number of aromatic nitrogens is 1. The second-order valence-corrected chi connectivity index (χ2v) is 13.0. The van der Waals surface area contributed by atoms with Crippen molar-refractivity contribution in [1.82, 2.24) is 4.57 Å². The number of carbonyl (C=O) groups excluding carboxylic acids is 1. The van der Waals surface area contributed by atoms with Crippen LogP contribution >= 0.6 is 68.1 Å². The van der Waals surface area contributed by atoms with E-state index in [1.807, 2.05) is 66.7 Å². The summed E-state index contributed by atoms with van der Waals surface area (Å²) in [6, 6.07) is 18.1. The molecule has 0 bridgehead atoms. The van der Waals surface area contributed by atoms with E-state index in [-0.39, 0.29) is 12.2 Å². The van der Waals surface area contributed by atoms with Gasteiger partial charge in [-0.3, -0.25) is 9.36 Å². The van der Waals surface area contributed by atoms with Gasteiger partial charge in [-0.05, 0) is 94.9 Å². The molecule has 0 radical (unpaired) electrons. The van der Waals surface area contributed by atoms with Crippen LogP contribution in [-0.2, 0) is 16.1 Å². The fourth-order valence-electron chi connectivity index (χ4n) is 4.70. The van der Waals surface area contributed by atoms with Crippen LogP contribution in [0.4, 0.5) is 0 Å². The molecule has 0 saturated carbocycles. The van der Waals surface area contributed by atoms with Gasteiger partial charge in [0.05, 0.1) is 36.7 Å². The van der Waals surface area contributed by atoms with E-state index in [2.05, 4.69) is 50.2 Å². The third-order valence-corrected chi connectivity index (χ3v) is 9.55. The highest BCUT2D eigenvalue weighted by molar-refractivity contribution is 14.1. The minimum absolute atomic E-state index is 0.202. The Hall–Kier alpha value is -2.68. The molecule has 1 aromatic heterocycles. The number of methoxy groups -OCH3 is 1. The van der Waals surface area contributed by atoms with Crippen molar-refractivity contribution in [2.75, 3.05) is 13.7 Å². The molecule has 216 valence electrons. The van der Waals surface area contributed by atoms with Gasteiger partial charge in [-0.2, -0.15) is 0 Å². The molecule has 42 heavy (non-hydrogen) atoms. The summed E-state index contributed by atoms with van der Waals surface area (Å²) in [7, 11) is 1.56. The molecule has 0 N–H and O–H groups in total. The van der Waals surface area contributed by atoms with Gasteiger partial charge in [-0.25, -0.2) is 9.79 Å². The van der Waals surface area contributed by atoms with Crippen LogP contribution in [0.2, 0.25) is 5.02 Å². The first-order valence-corrected chi connectivity index (χ1v) is 16.3. The molecule has 7 nitrogen and oxygen atoms in total. The molecule has 3 aromatic carbocycles. The number of thiazole rings is 1. The Morgan fingerprint density at radius 2 is 1.81 bits per heavy atom. The summed E-state index contributed by atoms with van der Waals surface area (Å²) in [6.45, 7) is 4.05. The topological polar surface area (TPSA) is 79.1 Å². The van der Waals surface area contributed by atoms with Gasteiger partial charge in [0.25, 0.3) is 5.56 Å². The van der Waals surface area contributed by atoms with Crippen LogP contribution in [0.1, 0.15) is 36.6 Å². The van der Waals surface area contributed by atoms with Crippen LogP contribution < -0.4 is 24.4 Å². The Kier molecular flexibility index (Phi) is 9.75. The highest BCUT2D eigenvalue weighted by atomic mass is 127. The van der Waals surface area contributed by atoms with Crippen LogP contribution in [0, 0.1) is 7.14 Å². The first-order chi connectivity index (χ1) is 20.2. The average molecular weight is 827 g/mol. The number of ether oxygens (including phenoxy) is 3. The molecule has 0 aliphatic carbocycles. The lowest BCUT2D eigenvalue weighted by Gasteiger charge is -2.25. The van der Waals surface area contributed by atoms with Gasteiger partial charge in [0.2, 0.25) is 0 Å². The summed E-state index contributed by atoms with van der Waals surface area (Å²) in [6.07, 6.45) is 1.84. The summed E-state index contributed by atoms with van der Waals surface area (Å²) in [4.78, 5) is 32.3. The van der Waals surface area contributed by atoms with E-state index in [4.69, 9.17) is 25.8 Å². The number of rotatable bonds is 8. The molecule has 0 saturated heterocycles. The molecule has 0 amide bonds. The van der Waals surface area contributed by atoms with Crippen LogP contribution in [0.3, 0.4) is 0 Å². The Balaban J connectivity index is 1.58. The molecule has 1 aliphatic heterocycles. The number of carbonyl (C=O) groups is 1. The second kappa shape index (κ2) is 13.3. The summed E-state index contributed by atoms with van der Waals surface area (Å²) in [5.74, 6) is 0.797. The molecule has 0 fully saturated rings. The lowest BCUT2D eigenvalue weighted by molar-refractivity contribution is -0.139. The Morgan fingerprint density at radius 3 is 2.50 bits per heavy atom. The molecule has 1 atom stereocenters. The van der Waals surface area contributed by atoms with E-state index in [0.29, 0.717) is 43.5 Å². The van der Waals surface area contributed by atoms with Gasteiger partial charge >= 0.3 is 5.97 Å². The van der Waals surface area contributed by atoms with Crippen molar-refractivity contribution in [3.05, 3.63) is 120 Å². The smallest absolute Gasteiger partial charge is 0.338 e. The van der Waals surface area contributed by atoms with Crippen molar-refractivity contribution in [1.29, 1.82) is 0 Å². The monoisotopic (exact) mass is 826 g/mol. The van der Waals surface area contributed by atoms with Crippen molar-refractivity contribution in [2.24, 2.45) is 4.99 Å². The normalized spacial score (nSPS) is 14.8. The van der Waals surface area contributed by atoms with Crippen LogP contribution in [0.5, 0.6) is 11.5 Å². The molecule has 0 spiro atoms. The highest BCUT2D eigenvalue weighted by Gasteiger charge is 2.35. The minimum atomic E-state index is -0.751. The van der Waals surface area contributed by atoms with Gasteiger partial charge in [-0.15, -0.1) is 0 Å². The predicted octanol–water partition coefficient (Wildman–Crippen LogP) is 6.25. The number of para-hydroxylation sites is 1.